The lowest BCUT2D eigenvalue weighted by atomic mass is 10.00. The van der Waals surface area contributed by atoms with E-state index in [1.807, 2.05) is 0 Å². The third-order valence-electron chi connectivity index (χ3n) is 3.56. The molecular weight excluding hydrogens is 256 g/mol. The Hall–Kier alpha value is -2.17. The molecule has 0 bridgehead atoms. The fourth-order valence-corrected chi connectivity index (χ4v) is 2.47. The second-order valence-corrected chi connectivity index (χ2v) is 5.40. The van der Waals surface area contributed by atoms with Gasteiger partial charge in [0.25, 0.3) is 5.91 Å². The van der Waals surface area contributed by atoms with Crippen LogP contribution in [0.5, 0.6) is 0 Å². The van der Waals surface area contributed by atoms with Crippen molar-refractivity contribution >= 4 is 18.0 Å². The van der Waals surface area contributed by atoms with Gasteiger partial charge in [-0.1, -0.05) is 12.8 Å². The fraction of sp³-hybridized carbons (Fsp3) is 0.400. The van der Waals surface area contributed by atoms with Crippen molar-refractivity contribution in [1.82, 2.24) is 10.3 Å². The molecule has 1 heterocycles. The molecule has 2 N–H and O–H groups in total. The Kier molecular flexibility index (Phi) is 4.17. The number of aliphatic carboxylic acids is 1. The molecule has 1 aromatic heterocycles. The first-order chi connectivity index (χ1) is 9.48. The van der Waals surface area contributed by atoms with Crippen LogP contribution in [0.4, 0.5) is 0 Å². The van der Waals surface area contributed by atoms with Gasteiger partial charge in [-0.2, -0.15) is 0 Å². The highest BCUT2D eigenvalue weighted by molar-refractivity contribution is 5.95. The SMILES string of the molecule is CC1(NC(=O)c2cncc(C=CC(=O)O)c2)CCCC1. The number of carboxylic acid groups (broad SMARTS) is 1. The molecule has 1 aliphatic carbocycles. The van der Waals surface area contributed by atoms with Crippen molar-refractivity contribution in [3.63, 3.8) is 0 Å². The number of amides is 1. The minimum absolute atomic E-state index is 0.135. The van der Waals surface area contributed by atoms with E-state index in [0.717, 1.165) is 31.8 Å². The van der Waals surface area contributed by atoms with Crippen LogP contribution in [0.3, 0.4) is 0 Å². The van der Waals surface area contributed by atoms with Crippen molar-refractivity contribution in [2.75, 3.05) is 0 Å². The van der Waals surface area contributed by atoms with Crippen LogP contribution >= 0.6 is 0 Å². The summed E-state index contributed by atoms with van der Waals surface area (Å²) in [6, 6.07) is 1.64. The first-order valence-electron chi connectivity index (χ1n) is 6.67. The number of carbonyl (C=O) groups is 2. The molecule has 106 valence electrons. The predicted molar refractivity (Wildman–Crippen MR) is 75.2 cm³/mol. The zero-order valence-electron chi connectivity index (χ0n) is 11.4. The van der Waals surface area contributed by atoms with E-state index in [9.17, 15) is 9.59 Å². The molecule has 5 nitrogen and oxygen atoms in total. The van der Waals surface area contributed by atoms with Crippen molar-refractivity contribution in [3.05, 3.63) is 35.7 Å². The zero-order valence-corrected chi connectivity index (χ0v) is 11.4. The maximum atomic E-state index is 12.2. The fourth-order valence-electron chi connectivity index (χ4n) is 2.47. The van der Waals surface area contributed by atoms with Crippen molar-refractivity contribution in [3.8, 4) is 0 Å². The molecule has 0 spiro atoms. The van der Waals surface area contributed by atoms with Gasteiger partial charge in [0.05, 0.1) is 5.56 Å². The van der Waals surface area contributed by atoms with Gasteiger partial charge in [0, 0.05) is 24.0 Å². The second-order valence-electron chi connectivity index (χ2n) is 5.40. The van der Waals surface area contributed by atoms with Crippen LogP contribution in [0.1, 0.15) is 48.5 Å². The van der Waals surface area contributed by atoms with Gasteiger partial charge >= 0.3 is 5.97 Å². The molecule has 1 saturated carbocycles. The summed E-state index contributed by atoms with van der Waals surface area (Å²) < 4.78 is 0. The van der Waals surface area contributed by atoms with Crippen LogP contribution in [0.15, 0.2) is 24.5 Å². The van der Waals surface area contributed by atoms with Crippen molar-refractivity contribution in [1.29, 1.82) is 0 Å². The Morgan fingerprint density at radius 2 is 2.05 bits per heavy atom. The highest BCUT2D eigenvalue weighted by Crippen LogP contribution is 2.29. The quantitative estimate of drug-likeness (QED) is 0.825. The third kappa shape index (κ3) is 3.66. The van der Waals surface area contributed by atoms with Gasteiger partial charge in [-0.15, -0.1) is 0 Å². The summed E-state index contributed by atoms with van der Waals surface area (Å²) in [7, 11) is 0. The maximum absolute atomic E-state index is 12.2. The molecule has 1 amide bonds. The molecule has 1 aliphatic rings. The number of aromatic nitrogens is 1. The second kappa shape index (κ2) is 5.86. The average molecular weight is 274 g/mol. The Bertz CT molecular complexity index is 546. The van der Waals surface area contributed by atoms with E-state index in [0.29, 0.717) is 11.1 Å². The zero-order chi connectivity index (χ0) is 14.6. The normalized spacial score (nSPS) is 17.2. The summed E-state index contributed by atoms with van der Waals surface area (Å²) in [5, 5.41) is 11.6. The number of nitrogens with zero attached hydrogens (tertiary/aromatic N) is 1. The van der Waals surface area contributed by atoms with E-state index in [4.69, 9.17) is 5.11 Å². The highest BCUT2D eigenvalue weighted by atomic mass is 16.4. The van der Waals surface area contributed by atoms with E-state index >= 15 is 0 Å². The average Bonchev–Trinajstić information content (AvgIpc) is 2.83. The molecule has 0 saturated heterocycles. The van der Waals surface area contributed by atoms with Crippen LogP contribution < -0.4 is 5.32 Å². The molecule has 1 aromatic rings. The Labute approximate surface area is 117 Å². The standard InChI is InChI=1S/C15H18N2O3/c1-15(6-2-3-7-15)17-14(20)12-8-11(9-16-10-12)4-5-13(18)19/h4-5,8-10H,2-3,6-7H2,1H3,(H,17,20)(H,18,19). The Balaban J connectivity index is 2.10. The minimum Gasteiger partial charge on any atom is -0.478 e. The number of carbonyl (C=O) groups excluding carboxylic acids is 1. The van der Waals surface area contributed by atoms with Gasteiger partial charge in [0.1, 0.15) is 0 Å². The lowest BCUT2D eigenvalue weighted by molar-refractivity contribution is -0.131. The largest absolute Gasteiger partial charge is 0.478 e. The molecule has 0 atom stereocenters. The summed E-state index contributed by atoms with van der Waals surface area (Å²) in [5.74, 6) is -1.19. The summed E-state index contributed by atoms with van der Waals surface area (Å²) >= 11 is 0. The van der Waals surface area contributed by atoms with Crippen LogP contribution in [-0.2, 0) is 4.79 Å². The number of carboxylic acids is 1. The van der Waals surface area contributed by atoms with Gasteiger partial charge in [-0.3, -0.25) is 9.78 Å². The smallest absolute Gasteiger partial charge is 0.328 e. The van der Waals surface area contributed by atoms with Gasteiger partial charge in [0.2, 0.25) is 0 Å². The predicted octanol–water partition coefficient (Wildman–Crippen LogP) is 2.24. The van der Waals surface area contributed by atoms with Gasteiger partial charge in [-0.05, 0) is 37.5 Å². The Morgan fingerprint density at radius 3 is 2.70 bits per heavy atom. The highest BCUT2D eigenvalue weighted by Gasteiger charge is 2.30. The molecule has 0 aromatic carbocycles. The number of pyridine rings is 1. The van der Waals surface area contributed by atoms with Crippen molar-refractivity contribution < 1.29 is 14.7 Å². The number of rotatable bonds is 4. The van der Waals surface area contributed by atoms with Crippen LogP contribution in [-0.4, -0.2) is 27.5 Å². The molecule has 0 aliphatic heterocycles. The molecule has 0 unspecified atom stereocenters. The van der Waals surface area contributed by atoms with Crippen LogP contribution in [0.25, 0.3) is 6.08 Å². The van der Waals surface area contributed by atoms with Gasteiger partial charge < -0.3 is 10.4 Å². The first-order valence-corrected chi connectivity index (χ1v) is 6.67. The van der Waals surface area contributed by atoms with E-state index in [1.165, 1.54) is 18.5 Å². The molecule has 1 fully saturated rings. The molecule has 2 rings (SSSR count). The summed E-state index contributed by atoms with van der Waals surface area (Å²) in [4.78, 5) is 26.7. The molecule has 5 heteroatoms. The lowest BCUT2D eigenvalue weighted by Gasteiger charge is -2.25. The summed E-state index contributed by atoms with van der Waals surface area (Å²) in [6.07, 6.45) is 9.71. The monoisotopic (exact) mass is 274 g/mol. The van der Waals surface area contributed by atoms with E-state index in [1.54, 1.807) is 6.07 Å². The lowest BCUT2D eigenvalue weighted by Crippen LogP contribution is -2.43. The van der Waals surface area contributed by atoms with Crippen molar-refractivity contribution in [2.45, 2.75) is 38.1 Å². The topological polar surface area (TPSA) is 79.3 Å². The van der Waals surface area contributed by atoms with Gasteiger partial charge in [-0.25, -0.2) is 4.79 Å². The summed E-state index contributed by atoms with van der Waals surface area (Å²) in [5.41, 5.74) is 0.909. The van der Waals surface area contributed by atoms with Gasteiger partial charge in [0.15, 0.2) is 0 Å². The molecule has 0 radical (unpaired) electrons. The summed E-state index contributed by atoms with van der Waals surface area (Å²) in [6.45, 7) is 2.06. The van der Waals surface area contributed by atoms with Crippen molar-refractivity contribution in [2.24, 2.45) is 0 Å². The van der Waals surface area contributed by atoms with E-state index in [-0.39, 0.29) is 11.4 Å². The number of hydrogen-bond acceptors (Lipinski definition) is 3. The first kappa shape index (κ1) is 14.2. The Morgan fingerprint density at radius 1 is 1.35 bits per heavy atom. The van der Waals surface area contributed by atoms with Crippen LogP contribution in [0, 0.1) is 0 Å². The minimum atomic E-state index is -1.03. The third-order valence-corrected chi connectivity index (χ3v) is 3.56. The number of hydrogen-bond donors (Lipinski definition) is 2. The molecule has 20 heavy (non-hydrogen) atoms. The maximum Gasteiger partial charge on any atom is 0.328 e. The van der Waals surface area contributed by atoms with Crippen LogP contribution in [0.2, 0.25) is 0 Å². The molecular formula is C15H18N2O3. The van der Waals surface area contributed by atoms with E-state index in [2.05, 4.69) is 17.2 Å². The number of nitrogens with one attached hydrogen (secondary N) is 1. The van der Waals surface area contributed by atoms with E-state index < -0.39 is 5.97 Å².